The van der Waals surface area contributed by atoms with E-state index in [0.29, 0.717) is 34.1 Å². The first kappa shape index (κ1) is 21.5. The van der Waals surface area contributed by atoms with Crippen LogP contribution in [0.5, 0.6) is 0 Å². The van der Waals surface area contributed by atoms with E-state index in [4.69, 9.17) is 4.74 Å². The highest BCUT2D eigenvalue weighted by atomic mass is 32.1. The van der Waals surface area contributed by atoms with Crippen molar-refractivity contribution in [3.05, 3.63) is 66.3 Å². The van der Waals surface area contributed by atoms with Crippen LogP contribution >= 0.6 is 22.7 Å². The SMILES string of the molecule is CCOCCn1c(=NC(=O)C=Cc2ccc([N+](=O)[O-])s2)sc2cc([N+](=O)[O-])ccc21. The van der Waals surface area contributed by atoms with Crippen molar-refractivity contribution < 1.29 is 19.4 Å². The van der Waals surface area contributed by atoms with Crippen LogP contribution in [0, 0.1) is 20.2 Å². The lowest BCUT2D eigenvalue weighted by Crippen LogP contribution is -2.19. The van der Waals surface area contributed by atoms with Gasteiger partial charge < -0.3 is 9.30 Å². The van der Waals surface area contributed by atoms with Crippen molar-refractivity contribution in [3.8, 4) is 0 Å². The number of fused-ring (bicyclic) bond motifs is 1. The van der Waals surface area contributed by atoms with E-state index in [2.05, 4.69) is 4.99 Å². The number of nitro groups is 2. The second kappa shape index (κ2) is 9.52. The van der Waals surface area contributed by atoms with Crippen molar-refractivity contribution in [3.63, 3.8) is 0 Å². The summed E-state index contributed by atoms with van der Waals surface area (Å²) in [6, 6.07) is 7.39. The molecule has 0 bridgehead atoms. The molecule has 156 valence electrons. The molecule has 0 radical (unpaired) electrons. The number of benzene rings is 1. The number of thiophene rings is 1. The van der Waals surface area contributed by atoms with Crippen molar-refractivity contribution in [2.24, 2.45) is 4.99 Å². The van der Waals surface area contributed by atoms with Crippen LogP contribution in [0.1, 0.15) is 11.8 Å². The van der Waals surface area contributed by atoms with E-state index in [1.807, 2.05) is 6.92 Å². The van der Waals surface area contributed by atoms with Crippen LogP contribution in [0.3, 0.4) is 0 Å². The molecule has 2 heterocycles. The summed E-state index contributed by atoms with van der Waals surface area (Å²) < 4.78 is 7.79. The van der Waals surface area contributed by atoms with Gasteiger partial charge in [0.25, 0.3) is 11.6 Å². The van der Waals surface area contributed by atoms with Crippen molar-refractivity contribution in [2.45, 2.75) is 13.5 Å². The fourth-order valence-electron chi connectivity index (χ4n) is 2.59. The third-order valence-electron chi connectivity index (χ3n) is 3.93. The highest BCUT2D eigenvalue weighted by molar-refractivity contribution is 7.16. The van der Waals surface area contributed by atoms with E-state index in [1.165, 1.54) is 41.7 Å². The molecular formula is C18H16N4O6S2. The molecule has 0 aliphatic heterocycles. The largest absolute Gasteiger partial charge is 0.380 e. The zero-order valence-electron chi connectivity index (χ0n) is 15.7. The summed E-state index contributed by atoms with van der Waals surface area (Å²) in [5.74, 6) is -0.544. The molecule has 3 rings (SSSR count). The fourth-order valence-corrected chi connectivity index (χ4v) is 4.41. The molecule has 1 aromatic carbocycles. The first-order chi connectivity index (χ1) is 14.4. The minimum atomic E-state index is -0.544. The highest BCUT2D eigenvalue weighted by Gasteiger charge is 2.13. The summed E-state index contributed by atoms with van der Waals surface area (Å²) >= 11 is 2.12. The molecule has 0 atom stereocenters. The predicted molar refractivity (Wildman–Crippen MR) is 114 cm³/mol. The second-order valence-electron chi connectivity index (χ2n) is 5.86. The van der Waals surface area contributed by atoms with Gasteiger partial charge in [-0.3, -0.25) is 25.0 Å². The van der Waals surface area contributed by atoms with Crippen LogP contribution in [0.15, 0.2) is 41.4 Å². The van der Waals surface area contributed by atoms with Crippen LogP contribution in [0.25, 0.3) is 16.3 Å². The number of nitro benzene ring substituents is 1. The van der Waals surface area contributed by atoms with E-state index >= 15 is 0 Å². The molecule has 12 heteroatoms. The van der Waals surface area contributed by atoms with Crippen LogP contribution in [0.4, 0.5) is 10.7 Å². The normalized spacial score (nSPS) is 12.1. The molecule has 3 aromatic rings. The lowest BCUT2D eigenvalue weighted by molar-refractivity contribution is -0.384. The summed E-state index contributed by atoms with van der Waals surface area (Å²) in [6.45, 7) is 3.23. The van der Waals surface area contributed by atoms with Crippen LogP contribution < -0.4 is 4.80 Å². The third kappa shape index (κ3) is 5.03. The summed E-state index contributed by atoms with van der Waals surface area (Å²) in [4.78, 5) is 38.2. The fraction of sp³-hybridized carbons (Fsp3) is 0.222. The number of amides is 1. The Balaban J connectivity index is 1.94. The Morgan fingerprint density at radius 2 is 2.00 bits per heavy atom. The van der Waals surface area contributed by atoms with Gasteiger partial charge in [0.1, 0.15) is 0 Å². The maximum Gasteiger partial charge on any atom is 0.324 e. The number of non-ortho nitro benzene ring substituents is 1. The lowest BCUT2D eigenvalue weighted by Gasteiger charge is -2.05. The van der Waals surface area contributed by atoms with Gasteiger partial charge in [-0.25, -0.2) is 0 Å². The van der Waals surface area contributed by atoms with Gasteiger partial charge in [-0.05, 0) is 25.1 Å². The molecular weight excluding hydrogens is 432 g/mol. The number of aromatic nitrogens is 1. The molecule has 0 fully saturated rings. The number of nitrogens with zero attached hydrogens (tertiary/aromatic N) is 4. The molecule has 1 amide bonds. The number of rotatable bonds is 8. The second-order valence-corrected chi connectivity index (χ2v) is 7.96. The monoisotopic (exact) mass is 448 g/mol. The number of hydrogen-bond donors (Lipinski definition) is 0. The van der Waals surface area contributed by atoms with E-state index in [1.54, 1.807) is 16.7 Å². The summed E-state index contributed by atoms with van der Waals surface area (Å²) in [5, 5.41) is 21.8. The van der Waals surface area contributed by atoms with Gasteiger partial charge in [0.2, 0.25) is 0 Å². The topological polar surface area (TPSA) is 130 Å². The molecule has 0 saturated heterocycles. The Labute approximate surface area is 177 Å². The molecule has 0 spiro atoms. The lowest BCUT2D eigenvalue weighted by atomic mass is 10.3. The number of thiazole rings is 1. The van der Waals surface area contributed by atoms with Crippen molar-refractivity contribution in [1.29, 1.82) is 0 Å². The standard InChI is InChI=1S/C18H16N4O6S2/c1-2-28-10-9-20-14-6-3-12(21(24)25)11-15(14)30-18(20)19-16(23)7-4-13-5-8-17(29-13)22(26)27/h3-8,11H,2,9-10H2,1H3. The summed E-state index contributed by atoms with van der Waals surface area (Å²) in [5.41, 5.74) is 0.674. The maximum atomic E-state index is 12.3. The number of carbonyl (C=O) groups excluding carboxylic acids is 1. The van der Waals surface area contributed by atoms with Crippen LogP contribution in [0.2, 0.25) is 0 Å². The molecule has 30 heavy (non-hydrogen) atoms. The zero-order valence-corrected chi connectivity index (χ0v) is 17.4. The minimum absolute atomic E-state index is 0.0149. The Morgan fingerprint density at radius 1 is 1.20 bits per heavy atom. The molecule has 10 nitrogen and oxygen atoms in total. The van der Waals surface area contributed by atoms with Crippen molar-refractivity contribution in [1.82, 2.24) is 4.57 Å². The molecule has 2 aromatic heterocycles. The average molecular weight is 448 g/mol. The minimum Gasteiger partial charge on any atom is -0.380 e. The molecule has 0 unspecified atom stereocenters. The molecule has 0 aliphatic rings. The Bertz CT molecular complexity index is 1210. The average Bonchev–Trinajstić information content (AvgIpc) is 3.31. The quantitative estimate of drug-likeness (QED) is 0.223. The first-order valence-electron chi connectivity index (χ1n) is 8.75. The van der Waals surface area contributed by atoms with Crippen LogP contribution in [-0.2, 0) is 16.1 Å². The predicted octanol–water partition coefficient (Wildman–Crippen LogP) is 3.76. The molecule has 0 saturated carbocycles. The first-order valence-corrected chi connectivity index (χ1v) is 10.4. The molecule has 0 N–H and O–H groups in total. The summed E-state index contributed by atoms with van der Waals surface area (Å²) in [6.07, 6.45) is 2.70. The van der Waals surface area contributed by atoms with Gasteiger partial charge >= 0.3 is 5.00 Å². The van der Waals surface area contributed by atoms with Crippen molar-refractivity contribution in [2.75, 3.05) is 13.2 Å². The zero-order chi connectivity index (χ0) is 21.7. The summed E-state index contributed by atoms with van der Waals surface area (Å²) in [7, 11) is 0. The van der Waals surface area contributed by atoms with Gasteiger partial charge in [-0.2, -0.15) is 4.99 Å². The Hall–Kier alpha value is -3.22. The highest BCUT2D eigenvalue weighted by Crippen LogP contribution is 2.25. The van der Waals surface area contributed by atoms with Crippen LogP contribution in [-0.4, -0.2) is 33.5 Å². The van der Waals surface area contributed by atoms with Gasteiger partial charge in [0.15, 0.2) is 4.80 Å². The van der Waals surface area contributed by atoms with Crippen molar-refractivity contribution >= 4 is 55.6 Å². The number of ether oxygens (including phenoxy) is 1. The Morgan fingerprint density at radius 3 is 2.67 bits per heavy atom. The number of carbonyl (C=O) groups is 1. The van der Waals surface area contributed by atoms with E-state index in [9.17, 15) is 25.0 Å². The maximum absolute atomic E-state index is 12.3. The molecule has 0 aliphatic carbocycles. The third-order valence-corrected chi connectivity index (χ3v) is 5.97. The van der Waals surface area contributed by atoms with E-state index in [0.717, 1.165) is 16.9 Å². The Kier molecular flexibility index (Phi) is 6.82. The van der Waals surface area contributed by atoms with Gasteiger partial charge in [0, 0.05) is 42.3 Å². The van der Waals surface area contributed by atoms with E-state index < -0.39 is 15.8 Å². The number of hydrogen-bond acceptors (Lipinski definition) is 8. The van der Waals surface area contributed by atoms with Gasteiger partial charge in [0.05, 0.1) is 26.7 Å². The van der Waals surface area contributed by atoms with Gasteiger partial charge in [-0.1, -0.05) is 22.7 Å². The smallest absolute Gasteiger partial charge is 0.324 e. The van der Waals surface area contributed by atoms with Gasteiger partial charge in [-0.15, -0.1) is 0 Å². The van der Waals surface area contributed by atoms with E-state index in [-0.39, 0.29) is 10.7 Å².